The van der Waals surface area contributed by atoms with Crippen LogP contribution in [-0.2, 0) is 4.74 Å². The van der Waals surface area contributed by atoms with Crippen molar-refractivity contribution in [2.24, 2.45) is 0 Å². The van der Waals surface area contributed by atoms with Crippen LogP contribution in [0.1, 0.15) is 31.4 Å². The van der Waals surface area contributed by atoms with Gasteiger partial charge >= 0.3 is 0 Å². The summed E-state index contributed by atoms with van der Waals surface area (Å²) in [5.41, 5.74) is 6.94. The predicted molar refractivity (Wildman–Crippen MR) is 59.3 cm³/mol. The van der Waals surface area contributed by atoms with E-state index in [-0.39, 0.29) is 6.10 Å². The standard InChI is InChI=1S/C11H18N2O2/c1-3-4-10(15-2)11(14)8-7-13-6-5-9(8)12/h5-7,10-11,14H,3-4H2,1-2H3,(H2,12,13). The molecule has 1 heterocycles. The van der Waals surface area contributed by atoms with Gasteiger partial charge in [0, 0.05) is 30.8 Å². The number of pyridine rings is 1. The molecular weight excluding hydrogens is 192 g/mol. The number of hydrogen-bond donors (Lipinski definition) is 2. The fourth-order valence-corrected chi connectivity index (χ4v) is 1.55. The smallest absolute Gasteiger partial charge is 0.109 e. The van der Waals surface area contributed by atoms with E-state index in [0.29, 0.717) is 11.3 Å². The molecular formula is C11H18N2O2. The lowest BCUT2D eigenvalue weighted by Gasteiger charge is -2.22. The van der Waals surface area contributed by atoms with Crippen molar-refractivity contribution in [1.29, 1.82) is 0 Å². The van der Waals surface area contributed by atoms with E-state index in [1.54, 1.807) is 25.6 Å². The Kier molecular flexibility index (Phi) is 4.52. The number of nitrogens with zero attached hydrogens (tertiary/aromatic N) is 1. The Morgan fingerprint density at radius 1 is 1.60 bits per heavy atom. The molecule has 0 spiro atoms. The first-order valence-electron chi connectivity index (χ1n) is 5.11. The van der Waals surface area contributed by atoms with Crippen LogP contribution in [0.25, 0.3) is 0 Å². The molecule has 0 aromatic carbocycles. The van der Waals surface area contributed by atoms with E-state index in [1.807, 2.05) is 6.92 Å². The number of aliphatic hydroxyl groups excluding tert-OH is 1. The molecule has 0 radical (unpaired) electrons. The van der Waals surface area contributed by atoms with Crippen molar-refractivity contribution in [3.8, 4) is 0 Å². The quantitative estimate of drug-likeness (QED) is 0.773. The van der Waals surface area contributed by atoms with E-state index in [2.05, 4.69) is 4.98 Å². The van der Waals surface area contributed by atoms with Gasteiger partial charge in [0.05, 0.1) is 6.10 Å². The van der Waals surface area contributed by atoms with Gasteiger partial charge < -0.3 is 15.6 Å². The average molecular weight is 210 g/mol. The second-order valence-corrected chi connectivity index (χ2v) is 3.51. The number of hydrogen-bond acceptors (Lipinski definition) is 4. The number of aliphatic hydroxyl groups is 1. The lowest BCUT2D eigenvalue weighted by atomic mass is 10.0. The third kappa shape index (κ3) is 2.91. The van der Waals surface area contributed by atoms with Crippen molar-refractivity contribution in [2.75, 3.05) is 12.8 Å². The van der Waals surface area contributed by atoms with Gasteiger partial charge in [-0.3, -0.25) is 4.98 Å². The minimum atomic E-state index is -0.705. The first kappa shape index (κ1) is 11.9. The molecule has 1 aromatic rings. The van der Waals surface area contributed by atoms with Crippen molar-refractivity contribution in [2.45, 2.75) is 32.0 Å². The zero-order chi connectivity index (χ0) is 11.3. The zero-order valence-electron chi connectivity index (χ0n) is 9.18. The SMILES string of the molecule is CCCC(OC)C(O)c1cnccc1N. The van der Waals surface area contributed by atoms with Crippen LogP contribution in [0.5, 0.6) is 0 Å². The normalized spacial score (nSPS) is 14.9. The summed E-state index contributed by atoms with van der Waals surface area (Å²) in [5.74, 6) is 0. The first-order chi connectivity index (χ1) is 7.20. The third-order valence-electron chi connectivity index (χ3n) is 2.43. The van der Waals surface area contributed by atoms with Crippen molar-refractivity contribution in [1.82, 2.24) is 4.98 Å². The van der Waals surface area contributed by atoms with Gasteiger partial charge in [0.15, 0.2) is 0 Å². The Bertz CT molecular complexity index is 304. The lowest BCUT2D eigenvalue weighted by molar-refractivity contribution is -0.0177. The first-order valence-corrected chi connectivity index (χ1v) is 5.11. The second kappa shape index (κ2) is 5.68. The number of ether oxygens (including phenoxy) is 1. The molecule has 4 heteroatoms. The van der Waals surface area contributed by atoms with Gasteiger partial charge in [-0.1, -0.05) is 13.3 Å². The number of aromatic nitrogens is 1. The third-order valence-corrected chi connectivity index (χ3v) is 2.43. The molecule has 0 aliphatic heterocycles. The number of nitrogen functional groups attached to an aromatic ring is 1. The zero-order valence-corrected chi connectivity index (χ0v) is 9.18. The number of rotatable bonds is 5. The van der Waals surface area contributed by atoms with Gasteiger partial charge in [-0.2, -0.15) is 0 Å². The number of nitrogens with two attached hydrogens (primary N) is 1. The Balaban J connectivity index is 2.82. The molecule has 3 N–H and O–H groups in total. The molecule has 0 fully saturated rings. The van der Waals surface area contributed by atoms with Crippen molar-refractivity contribution in [3.63, 3.8) is 0 Å². The fourth-order valence-electron chi connectivity index (χ4n) is 1.55. The maximum atomic E-state index is 10.0. The number of anilines is 1. The molecule has 1 aromatic heterocycles. The minimum absolute atomic E-state index is 0.221. The Hall–Kier alpha value is -1.13. The Morgan fingerprint density at radius 2 is 2.33 bits per heavy atom. The van der Waals surface area contributed by atoms with Crippen molar-refractivity contribution >= 4 is 5.69 Å². The summed E-state index contributed by atoms with van der Waals surface area (Å²) < 4.78 is 5.23. The van der Waals surface area contributed by atoms with Crippen molar-refractivity contribution in [3.05, 3.63) is 24.0 Å². The van der Waals surface area contributed by atoms with Gasteiger partial charge in [-0.25, -0.2) is 0 Å². The average Bonchev–Trinajstić information content (AvgIpc) is 2.25. The summed E-state index contributed by atoms with van der Waals surface area (Å²) in [6.07, 6.45) is 4.02. The van der Waals surface area contributed by atoms with E-state index in [4.69, 9.17) is 10.5 Å². The molecule has 0 aliphatic rings. The molecule has 84 valence electrons. The van der Waals surface area contributed by atoms with Crippen LogP contribution in [0, 0.1) is 0 Å². The number of methoxy groups -OCH3 is 1. The molecule has 15 heavy (non-hydrogen) atoms. The molecule has 2 atom stereocenters. The summed E-state index contributed by atoms with van der Waals surface area (Å²) in [6, 6.07) is 1.68. The van der Waals surface area contributed by atoms with Gasteiger partial charge in [-0.15, -0.1) is 0 Å². The van der Waals surface area contributed by atoms with Crippen molar-refractivity contribution < 1.29 is 9.84 Å². The monoisotopic (exact) mass is 210 g/mol. The summed E-state index contributed by atoms with van der Waals surface area (Å²) in [6.45, 7) is 2.05. The van der Waals surface area contributed by atoms with E-state index in [9.17, 15) is 5.11 Å². The van der Waals surface area contributed by atoms with Gasteiger partial charge in [0.2, 0.25) is 0 Å². The largest absolute Gasteiger partial charge is 0.398 e. The molecule has 1 rings (SSSR count). The molecule has 2 unspecified atom stereocenters. The predicted octanol–water partition coefficient (Wildman–Crippen LogP) is 1.51. The lowest BCUT2D eigenvalue weighted by Crippen LogP contribution is -2.21. The van der Waals surface area contributed by atoms with Crippen LogP contribution in [0.3, 0.4) is 0 Å². The minimum Gasteiger partial charge on any atom is -0.398 e. The van der Waals surface area contributed by atoms with E-state index >= 15 is 0 Å². The van der Waals surface area contributed by atoms with E-state index in [1.165, 1.54) is 0 Å². The Labute approximate surface area is 90.1 Å². The van der Waals surface area contributed by atoms with Crippen LogP contribution in [0.4, 0.5) is 5.69 Å². The van der Waals surface area contributed by atoms with Crippen LogP contribution in [0.2, 0.25) is 0 Å². The summed E-state index contributed by atoms with van der Waals surface area (Å²) in [7, 11) is 1.59. The van der Waals surface area contributed by atoms with Crippen LogP contribution in [-0.4, -0.2) is 23.3 Å². The molecule has 0 aliphatic carbocycles. The Morgan fingerprint density at radius 3 is 2.87 bits per heavy atom. The highest BCUT2D eigenvalue weighted by molar-refractivity contribution is 5.45. The van der Waals surface area contributed by atoms with Gasteiger partial charge in [0.1, 0.15) is 6.10 Å². The molecule has 0 saturated carbocycles. The molecule has 0 saturated heterocycles. The van der Waals surface area contributed by atoms with Gasteiger partial charge in [0.25, 0.3) is 0 Å². The highest BCUT2D eigenvalue weighted by Crippen LogP contribution is 2.25. The highest BCUT2D eigenvalue weighted by Gasteiger charge is 2.21. The van der Waals surface area contributed by atoms with Crippen LogP contribution in [0.15, 0.2) is 18.5 Å². The highest BCUT2D eigenvalue weighted by atomic mass is 16.5. The summed E-state index contributed by atoms with van der Waals surface area (Å²) in [4.78, 5) is 3.95. The fraction of sp³-hybridized carbons (Fsp3) is 0.545. The summed E-state index contributed by atoms with van der Waals surface area (Å²) >= 11 is 0. The van der Waals surface area contributed by atoms with Gasteiger partial charge in [-0.05, 0) is 12.5 Å². The maximum absolute atomic E-state index is 10.0. The van der Waals surface area contributed by atoms with E-state index in [0.717, 1.165) is 12.8 Å². The molecule has 0 amide bonds. The summed E-state index contributed by atoms with van der Waals surface area (Å²) in [5, 5.41) is 10.0. The second-order valence-electron chi connectivity index (χ2n) is 3.51. The molecule has 0 bridgehead atoms. The van der Waals surface area contributed by atoms with Crippen LogP contribution < -0.4 is 5.73 Å². The van der Waals surface area contributed by atoms with Crippen LogP contribution >= 0.6 is 0 Å². The maximum Gasteiger partial charge on any atom is 0.109 e. The topological polar surface area (TPSA) is 68.4 Å². The van der Waals surface area contributed by atoms with E-state index < -0.39 is 6.10 Å². The molecule has 4 nitrogen and oxygen atoms in total.